The second-order valence-corrected chi connectivity index (χ2v) is 21.3. The SMILES string of the molecule is CC/C=C\C/C=C\C/C=C\C/C=C\C/C=C\CCCCCCCCCC(=O)OCC(COC(=O)CCCCCCCCCCCCCCC)OC(=O)CCCCCCCCCCCCCCCCCCCCC. The monoisotopic (exact) mass is 1020 g/mol. The van der Waals surface area contributed by atoms with Gasteiger partial charge in [-0.15, -0.1) is 0 Å². The van der Waals surface area contributed by atoms with Crippen LogP contribution in [-0.4, -0.2) is 37.2 Å². The normalized spacial score (nSPS) is 12.4. The fraction of sp³-hybridized carbons (Fsp3) is 0.806. The quantitative estimate of drug-likeness (QED) is 0.0261. The summed E-state index contributed by atoms with van der Waals surface area (Å²) >= 11 is 0. The standard InChI is InChI=1S/C67H120O6/c1-4-7-10-13-16-19-22-25-27-29-31-32-33-34-36-37-39-42-45-48-51-54-57-60-66(69)72-63-64(62-71-65(68)59-56-53-50-47-44-41-24-21-18-15-12-9-6-3)73-67(70)61-58-55-52-49-46-43-40-38-35-30-28-26-23-20-17-14-11-8-5-2/h7,10,16,19,25,27,31-32,34,36,64H,4-6,8-9,11-15,17-18,20-24,26,28-30,33,35,37-63H2,1-3H3/b10-7-,19-16-,27-25-,32-31-,36-34-. The summed E-state index contributed by atoms with van der Waals surface area (Å²) in [6.07, 6.45) is 77.9. The molecule has 0 radical (unpaired) electrons. The summed E-state index contributed by atoms with van der Waals surface area (Å²) in [5.74, 6) is -0.864. The molecule has 0 heterocycles. The number of carbonyl (C=O) groups excluding carboxylic acids is 3. The predicted octanol–water partition coefficient (Wildman–Crippen LogP) is 21.6. The smallest absolute Gasteiger partial charge is 0.306 e. The lowest BCUT2D eigenvalue weighted by atomic mass is 10.0. The van der Waals surface area contributed by atoms with E-state index in [0.29, 0.717) is 19.3 Å². The van der Waals surface area contributed by atoms with E-state index in [-0.39, 0.29) is 31.1 Å². The van der Waals surface area contributed by atoms with Gasteiger partial charge in [0.25, 0.3) is 0 Å². The van der Waals surface area contributed by atoms with E-state index >= 15 is 0 Å². The molecule has 0 rings (SSSR count). The number of hydrogen-bond acceptors (Lipinski definition) is 6. The summed E-state index contributed by atoms with van der Waals surface area (Å²) in [7, 11) is 0. The second kappa shape index (κ2) is 61.7. The van der Waals surface area contributed by atoms with Gasteiger partial charge in [0, 0.05) is 19.3 Å². The molecule has 0 bridgehead atoms. The van der Waals surface area contributed by atoms with Crippen LogP contribution in [0.4, 0.5) is 0 Å². The van der Waals surface area contributed by atoms with E-state index < -0.39 is 6.10 Å². The van der Waals surface area contributed by atoms with E-state index in [1.807, 2.05) is 0 Å². The van der Waals surface area contributed by atoms with Crippen LogP contribution in [0.1, 0.15) is 329 Å². The van der Waals surface area contributed by atoms with Crippen LogP contribution < -0.4 is 0 Å². The second-order valence-electron chi connectivity index (χ2n) is 21.3. The molecular weight excluding hydrogens is 901 g/mol. The zero-order valence-corrected chi connectivity index (χ0v) is 48.7. The summed E-state index contributed by atoms with van der Waals surface area (Å²) in [5, 5.41) is 0. The van der Waals surface area contributed by atoms with Crippen molar-refractivity contribution in [1.29, 1.82) is 0 Å². The van der Waals surface area contributed by atoms with Crippen LogP contribution >= 0.6 is 0 Å². The van der Waals surface area contributed by atoms with Gasteiger partial charge in [-0.05, 0) is 64.2 Å². The Balaban J connectivity index is 4.32. The third kappa shape index (κ3) is 59.9. The number of esters is 3. The number of hydrogen-bond donors (Lipinski definition) is 0. The first kappa shape index (κ1) is 70.1. The fourth-order valence-electron chi connectivity index (χ4n) is 9.30. The lowest BCUT2D eigenvalue weighted by Crippen LogP contribution is -2.30. The molecule has 0 saturated heterocycles. The third-order valence-corrected chi connectivity index (χ3v) is 14.0. The van der Waals surface area contributed by atoms with Crippen molar-refractivity contribution in [3.05, 3.63) is 60.8 Å². The number of rotatable bonds is 58. The van der Waals surface area contributed by atoms with E-state index in [0.717, 1.165) is 96.3 Å². The zero-order chi connectivity index (χ0) is 52.9. The molecule has 0 aliphatic heterocycles. The van der Waals surface area contributed by atoms with Crippen molar-refractivity contribution in [1.82, 2.24) is 0 Å². The largest absolute Gasteiger partial charge is 0.462 e. The van der Waals surface area contributed by atoms with Crippen LogP contribution in [0.5, 0.6) is 0 Å². The third-order valence-electron chi connectivity index (χ3n) is 14.0. The minimum atomic E-state index is -0.776. The fourth-order valence-corrected chi connectivity index (χ4v) is 9.30. The maximum atomic E-state index is 12.9. The molecule has 0 aromatic carbocycles. The van der Waals surface area contributed by atoms with Crippen LogP contribution in [0.2, 0.25) is 0 Å². The molecule has 0 spiro atoms. The molecule has 0 aliphatic rings. The summed E-state index contributed by atoms with van der Waals surface area (Å²) in [6, 6.07) is 0. The first-order chi connectivity index (χ1) is 36.0. The minimum Gasteiger partial charge on any atom is -0.462 e. The number of unbranched alkanes of at least 4 members (excludes halogenated alkanes) is 37. The Morgan fingerprint density at radius 3 is 0.836 bits per heavy atom. The average Bonchev–Trinajstić information content (AvgIpc) is 3.39. The van der Waals surface area contributed by atoms with Gasteiger partial charge in [0.2, 0.25) is 0 Å². The van der Waals surface area contributed by atoms with Gasteiger partial charge in [0.1, 0.15) is 13.2 Å². The van der Waals surface area contributed by atoms with Gasteiger partial charge < -0.3 is 14.2 Å². The molecule has 0 saturated carbocycles. The Bertz CT molecular complexity index is 1310. The molecule has 0 N–H and O–H groups in total. The molecule has 0 aliphatic carbocycles. The van der Waals surface area contributed by atoms with Crippen molar-refractivity contribution in [3.63, 3.8) is 0 Å². The van der Waals surface area contributed by atoms with Crippen LogP contribution in [0.15, 0.2) is 60.8 Å². The lowest BCUT2D eigenvalue weighted by molar-refractivity contribution is -0.167. The van der Waals surface area contributed by atoms with Crippen LogP contribution in [0.25, 0.3) is 0 Å². The van der Waals surface area contributed by atoms with E-state index in [9.17, 15) is 14.4 Å². The van der Waals surface area contributed by atoms with Gasteiger partial charge in [-0.1, -0.05) is 306 Å². The Hall–Kier alpha value is -2.89. The molecule has 1 atom stereocenters. The van der Waals surface area contributed by atoms with Crippen molar-refractivity contribution in [2.75, 3.05) is 13.2 Å². The van der Waals surface area contributed by atoms with Crippen molar-refractivity contribution in [2.24, 2.45) is 0 Å². The molecule has 424 valence electrons. The Morgan fingerprint density at radius 2 is 0.534 bits per heavy atom. The van der Waals surface area contributed by atoms with Crippen molar-refractivity contribution in [2.45, 2.75) is 335 Å². The van der Waals surface area contributed by atoms with E-state index in [4.69, 9.17) is 14.2 Å². The molecule has 0 amide bonds. The van der Waals surface area contributed by atoms with Crippen LogP contribution in [0.3, 0.4) is 0 Å². The van der Waals surface area contributed by atoms with Crippen molar-refractivity contribution < 1.29 is 28.6 Å². The van der Waals surface area contributed by atoms with Crippen LogP contribution in [0, 0.1) is 0 Å². The number of carbonyl (C=O) groups is 3. The van der Waals surface area contributed by atoms with Gasteiger partial charge in [-0.3, -0.25) is 14.4 Å². The Morgan fingerprint density at radius 1 is 0.288 bits per heavy atom. The van der Waals surface area contributed by atoms with E-state index in [1.165, 1.54) is 193 Å². The molecule has 73 heavy (non-hydrogen) atoms. The van der Waals surface area contributed by atoms with Crippen LogP contribution in [-0.2, 0) is 28.6 Å². The highest BCUT2D eigenvalue weighted by Crippen LogP contribution is 2.17. The summed E-state index contributed by atoms with van der Waals surface area (Å²) < 4.78 is 16.9. The van der Waals surface area contributed by atoms with Gasteiger partial charge >= 0.3 is 17.9 Å². The first-order valence-electron chi connectivity index (χ1n) is 31.8. The molecule has 6 nitrogen and oxygen atoms in total. The molecule has 0 aromatic rings. The highest BCUT2D eigenvalue weighted by Gasteiger charge is 2.19. The Labute approximate surface area is 453 Å². The highest BCUT2D eigenvalue weighted by atomic mass is 16.6. The Kier molecular flexibility index (Phi) is 59.2. The maximum Gasteiger partial charge on any atom is 0.306 e. The van der Waals surface area contributed by atoms with Crippen molar-refractivity contribution in [3.8, 4) is 0 Å². The van der Waals surface area contributed by atoms with Gasteiger partial charge in [0.05, 0.1) is 0 Å². The lowest BCUT2D eigenvalue weighted by Gasteiger charge is -2.18. The molecule has 0 aromatic heterocycles. The molecule has 0 fully saturated rings. The topological polar surface area (TPSA) is 78.9 Å². The van der Waals surface area contributed by atoms with Gasteiger partial charge in [0.15, 0.2) is 6.10 Å². The van der Waals surface area contributed by atoms with E-state index in [1.54, 1.807) is 0 Å². The molecule has 6 heteroatoms. The minimum absolute atomic E-state index is 0.0728. The number of allylic oxidation sites excluding steroid dienone is 10. The summed E-state index contributed by atoms with van der Waals surface area (Å²) in [6.45, 7) is 6.57. The highest BCUT2D eigenvalue weighted by molar-refractivity contribution is 5.71. The van der Waals surface area contributed by atoms with Gasteiger partial charge in [-0.25, -0.2) is 0 Å². The van der Waals surface area contributed by atoms with E-state index in [2.05, 4.69) is 81.5 Å². The maximum absolute atomic E-state index is 12.9. The van der Waals surface area contributed by atoms with Crippen molar-refractivity contribution >= 4 is 17.9 Å². The first-order valence-corrected chi connectivity index (χ1v) is 31.8. The summed E-state index contributed by atoms with van der Waals surface area (Å²) in [5.41, 5.74) is 0. The van der Waals surface area contributed by atoms with Gasteiger partial charge in [-0.2, -0.15) is 0 Å². The molecule has 1 unspecified atom stereocenters. The molecular formula is C67H120O6. The summed E-state index contributed by atoms with van der Waals surface area (Å²) in [4.78, 5) is 38.3. The number of ether oxygens (including phenoxy) is 3. The average molecular weight is 1020 g/mol. The predicted molar refractivity (Wildman–Crippen MR) is 316 cm³/mol. The zero-order valence-electron chi connectivity index (χ0n) is 48.7.